The molecule has 100 valence electrons. The SMILES string of the molecule is C1CCC2(CC1)CCC1(CCCCC1)CC2.Cl. The van der Waals surface area contributed by atoms with Crippen molar-refractivity contribution in [2.24, 2.45) is 10.8 Å². The van der Waals surface area contributed by atoms with Crippen molar-refractivity contribution in [3.8, 4) is 0 Å². The molecule has 0 heterocycles. The monoisotopic (exact) mass is 256 g/mol. The Balaban J connectivity index is 0.00000108. The molecule has 3 rings (SSSR count). The minimum atomic E-state index is 0. The van der Waals surface area contributed by atoms with Crippen LogP contribution in [-0.4, -0.2) is 0 Å². The number of hydrogen-bond donors (Lipinski definition) is 0. The smallest absolute Gasteiger partial charge is 0.0297 e. The van der Waals surface area contributed by atoms with Crippen molar-refractivity contribution in [1.29, 1.82) is 0 Å². The van der Waals surface area contributed by atoms with Gasteiger partial charge in [0.1, 0.15) is 0 Å². The molecule has 0 aromatic heterocycles. The van der Waals surface area contributed by atoms with Crippen LogP contribution in [0.1, 0.15) is 89.9 Å². The van der Waals surface area contributed by atoms with Crippen molar-refractivity contribution in [3.05, 3.63) is 0 Å². The molecule has 1 heteroatoms. The predicted molar refractivity (Wildman–Crippen MR) is 76.8 cm³/mol. The molecule has 3 aliphatic rings. The summed E-state index contributed by atoms with van der Waals surface area (Å²) in [6.07, 6.45) is 21.8. The molecule has 0 bridgehead atoms. The van der Waals surface area contributed by atoms with Crippen molar-refractivity contribution < 1.29 is 0 Å². The first kappa shape index (κ1) is 13.7. The lowest BCUT2D eigenvalue weighted by atomic mass is 9.56. The molecule has 3 aliphatic carbocycles. The van der Waals surface area contributed by atoms with E-state index in [0.717, 1.165) is 10.8 Å². The van der Waals surface area contributed by atoms with E-state index < -0.39 is 0 Å². The van der Waals surface area contributed by atoms with Gasteiger partial charge in [-0.2, -0.15) is 0 Å². The maximum Gasteiger partial charge on any atom is -0.0297 e. The van der Waals surface area contributed by atoms with Gasteiger partial charge in [-0.3, -0.25) is 0 Å². The third-order valence-electron chi connectivity index (χ3n) is 6.20. The van der Waals surface area contributed by atoms with Gasteiger partial charge in [-0.25, -0.2) is 0 Å². The molecule has 0 saturated heterocycles. The third-order valence-corrected chi connectivity index (χ3v) is 6.20. The number of hydrogen-bond acceptors (Lipinski definition) is 0. The summed E-state index contributed by atoms with van der Waals surface area (Å²) in [4.78, 5) is 0. The van der Waals surface area contributed by atoms with Crippen molar-refractivity contribution in [3.63, 3.8) is 0 Å². The lowest BCUT2D eigenvalue weighted by Crippen LogP contribution is -2.36. The summed E-state index contributed by atoms with van der Waals surface area (Å²) in [6.45, 7) is 0. The molecule has 17 heavy (non-hydrogen) atoms. The highest BCUT2D eigenvalue weighted by Gasteiger charge is 2.42. The van der Waals surface area contributed by atoms with E-state index in [1.807, 2.05) is 0 Å². The normalized spacial score (nSPS) is 31.1. The van der Waals surface area contributed by atoms with E-state index in [1.54, 1.807) is 51.4 Å². The Hall–Kier alpha value is 0.290. The molecule has 3 saturated carbocycles. The topological polar surface area (TPSA) is 0 Å². The van der Waals surface area contributed by atoms with Gasteiger partial charge >= 0.3 is 0 Å². The predicted octanol–water partition coefficient (Wildman–Crippen LogP) is 5.88. The standard InChI is InChI=1S/C16H28.ClH/c1-3-7-15(8-4-1)11-13-16(14-12-15)9-5-2-6-10-16;/h1-14H2;1H. The Morgan fingerprint density at radius 1 is 0.353 bits per heavy atom. The number of halogens is 1. The van der Waals surface area contributed by atoms with E-state index in [4.69, 9.17) is 0 Å². The average molecular weight is 257 g/mol. The second kappa shape index (κ2) is 5.51. The fourth-order valence-electron chi connectivity index (χ4n) is 4.91. The molecule has 0 unspecified atom stereocenters. The molecule has 0 atom stereocenters. The largest absolute Gasteiger partial charge is 0.147 e. The van der Waals surface area contributed by atoms with E-state index >= 15 is 0 Å². The fraction of sp³-hybridized carbons (Fsp3) is 1.00. The van der Waals surface area contributed by atoms with Gasteiger partial charge in [0.15, 0.2) is 0 Å². The summed E-state index contributed by atoms with van der Waals surface area (Å²) in [6, 6.07) is 0. The van der Waals surface area contributed by atoms with Gasteiger partial charge in [-0.05, 0) is 62.2 Å². The first-order valence-electron chi connectivity index (χ1n) is 7.83. The Labute approximate surface area is 113 Å². The van der Waals surface area contributed by atoms with Gasteiger partial charge < -0.3 is 0 Å². The Kier molecular flexibility index (Phi) is 4.45. The second-order valence-electron chi connectivity index (χ2n) is 7.12. The lowest BCUT2D eigenvalue weighted by Gasteiger charge is -2.50. The van der Waals surface area contributed by atoms with Crippen LogP contribution < -0.4 is 0 Å². The van der Waals surface area contributed by atoms with E-state index in [1.165, 1.54) is 38.5 Å². The zero-order valence-electron chi connectivity index (χ0n) is 11.3. The quantitative estimate of drug-likeness (QED) is 0.507. The van der Waals surface area contributed by atoms with E-state index in [0.29, 0.717) is 0 Å². The maximum atomic E-state index is 1.59. The first-order chi connectivity index (χ1) is 7.83. The van der Waals surface area contributed by atoms with Crippen molar-refractivity contribution in [1.82, 2.24) is 0 Å². The molecule has 0 aromatic rings. The van der Waals surface area contributed by atoms with Gasteiger partial charge in [0, 0.05) is 0 Å². The summed E-state index contributed by atoms with van der Waals surface area (Å²) < 4.78 is 0. The third kappa shape index (κ3) is 2.83. The van der Waals surface area contributed by atoms with Crippen molar-refractivity contribution in [2.45, 2.75) is 89.9 Å². The molecule has 0 aromatic carbocycles. The Morgan fingerprint density at radius 2 is 0.647 bits per heavy atom. The molecule has 0 nitrogen and oxygen atoms in total. The van der Waals surface area contributed by atoms with Crippen LogP contribution >= 0.6 is 12.4 Å². The van der Waals surface area contributed by atoms with Crippen LogP contribution in [0.25, 0.3) is 0 Å². The highest BCUT2D eigenvalue weighted by atomic mass is 35.5. The van der Waals surface area contributed by atoms with Gasteiger partial charge in [-0.15, -0.1) is 12.4 Å². The molecule has 0 radical (unpaired) electrons. The van der Waals surface area contributed by atoms with Crippen molar-refractivity contribution >= 4 is 12.4 Å². The highest BCUT2D eigenvalue weighted by Crippen LogP contribution is 2.56. The zero-order valence-corrected chi connectivity index (χ0v) is 12.1. The second-order valence-corrected chi connectivity index (χ2v) is 7.12. The van der Waals surface area contributed by atoms with Gasteiger partial charge in [0.2, 0.25) is 0 Å². The van der Waals surface area contributed by atoms with Crippen LogP contribution in [0.3, 0.4) is 0 Å². The first-order valence-corrected chi connectivity index (χ1v) is 7.83. The van der Waals surface area contributed by atoms with Gasteiger partial charge in [0.05, 0.1) is 0 Å². The molecule has 3 fully saturated rings. The van der Waals surface area contributed by atoms with Crippen LogP contribution in [-0.2, 0) is 0 Å². The van der Waals surface area contributed by atoms with E-state index in [2.05, 4.69) is 0 Å². The molecular formula is C16H29Cl. The Bertz CT molecular complexity index is 196. The number of rotatable bonds is 0. The molecule has 0 amide bonds. The highest BCUT2D eigenvalue weighted by molar-refractivity contribution is 5.85. The summed E-state index contributed by atoms with van der Waals surface area (Å²) in [7, 11) is 0. The summed E-state index contributed by atoms with van der Waals surface area (Å²) in [5.41, 5.74) is 1.67. The summed E-state index contributed by atoms with van der Waals surface area (Å²) >= 11 is 0. The average Bonchev–Trinajstić information content (AvgIpc) is 2.36. The Morgan fingerprint density at radius 3 is 0.941 bits per heavy atom. The van der Waals surface area contributed by atoms with Crippen LogP contribution in [0, 0.1) is 10.8 Å². The summed E-state index contributed by atoms with van der Waals surface area (Å²) in [5.74, 6) is 0. The van der Waals surface area contributed by atoms with Crippen LogP contribution in [0.15, 0.2) is 0 Å². The van der Waals surface area contributed by atoms with Crippen LogP contribution in [0.5, 0.6) is 0 Å². The van der Waals surface area contributed by atoms with Crippen molar-refractivity contribution in [2.75, 3.05) is 0 Å². The minimum absolute atomic E-state index is 0. The molecule has 0 N–H and O–H groups in total. The maximum absolute atomic E-state index is 1.59. The van der Waals surface area contributed by atoms with Gasteiger partial charge in [0.25, 0.3) is 0 Å². The fourth-order valence-corrected chi connectivity index (χ4v) is 4.91. The molecular weight excluding hydrogens is 228 g/mol. The zero-order chi connectivity index (χ0) is 10.9. The summed E-state index contributed by atoms with van der Waals surface area (Å²) in [5, 5.41) is 0. The molecule has 2 spiro atoms. The lowest BCUT2D eigenvalue weighted by molar-refractivity contribution is 0.0231. The van der Waals surface area contributed by atoms with Crippen LogP contribution in [0.2, 0.25) is 0 Å². The van der Waals surface area contributed by atoms with E-state index in [9.17, 15) is 0 Å². The van der Waals surface area contributed by atoms with Crippen LogP contribution in [0.4, 0.5) is 0 Å². The van der Waals surface area contributed by atoms with Gasteiger partial charge in [-0.1, -0.05) is 38.5 Å². The van der Waals surface area contributed by atoms with E-state index in [-0.39, 0.29) is 12.4 Å². The minimum Gasteiger partial charge on any atom is -0.147 e. The molecule has 0 aliphatic heterocycles.